The van der Waals surface area contributed by atoms with Gasteiger partial charge in [0, 0.05) is 47.3 Å². The maximum Gasteiger partial charge on any atom is 0.303 e. The Morgan fingerprint density at radius 1 is 1.30 bits per heavy atom. The molecule has 3 aromatic rings. The number of aliphatic hydroxyl groups excluding tert-OH is 1. The zero-order chi connectivity index (χ0) is 26.4. The number of hydrogen-bond donors (Lipinski definition) is 2. The summed E-state index contributed by atoms with van der Waals surface area (Å²) in [5, 5.41) is 21.8. The highest BCUT2D eigenvalue weighted by Crippen LogP contribution is 2.37. The average Bonchev–Trinajstić information content (AvgIpc) is 2.87. The maximum atomic E-state index is 13.4. The highest BCUT2D eigenvalue weighted by Gasteiger charge is 2.31. The molecule has 1 fully saturated rings. The van der Waals surface area contributed by atoms with Crippen molar-refractivity contribution in [2.45, 2.75) is 36.7 Å². The normalized spacial score (nSPS) is 19.1. The van der Waals surface area contributed by atoms with Gasteiger partial charge < -0.3 is 19.8 Å². The van der Waals surface area contributed by atoms with Crippen LogP contribution in [0, 0.1) is 17.7 Å². The van der Waals surface area contributed by atoms with Gasteiger partial charge in [0.05, 0.1) is 23.8 Å². The number of aromatic nitrogens is 1. The first-order valence-electron chi connectivity index (χ1n) is 12.5. The zero-order valence-corrected chi connectivity index (χ0v) is 22.3. The number of rotatable bonds is 11. The smallest absolute Gasteiger partial charge is 0.303 e. The van der Waals surface area contributed by atoms with Crippen LogP contribution < -0.4 is 4.74 Å². The van der Waals surface area contributed by atoms with Crippen LogP contribution in [-0.2, 0) is 4.79 Å². The van der Waals surface area contributed by atoms with Gasteiger partial charge >= 0.3 is 5.97 Å². The van der Waals surface area contributed by atoms with Crippen LogP contribution in [0.2, 0.25) is 5.02 Å². The van der Waals surface area contributed by atoms with Crippen LogP contribution in [0.1, 0.15) is 37.4 Å². The quantitative estimate of drug-likeness (QED) is 0.283. The summed E-state index contributed by atoms with van der Waals surface area (Å²) in [6, 6.07) is 12.1. The molecule has 0 radical (unpaired) electrons. The molecular formula is C28H32ClFN2O4S. The van der Waals surface area contributed by atoms with E-state index in [0.29, 0.717) is 35.7 Å². The third-order valence-electron chi connectivity index (χ3n) is 7.10. The molecule has 0 saturated carbocycles. The molecule has 2 unspecified atom stereocenters. The second kappa shape index (κ2) is 12.9. The van der Waals surface area contributed by atoms with Crippen molar-refractivity contribution in [3.05, 3.63) is 65.1 Å². The van der Waals surface area contributed by atoms with Gasteiger partial charge in [-0.3, -0.25) is 9.78 Å². The molecule has 0 spiro atoms. The number of aliphatic hydroxyl groups is 1. The van der Waals surface area contributed by atoms with E-state index in [-0.39, 0.29) is 24.1 Å². The van der Waals surface area contributed by atoms with Crippen molar-refractivity contribution in [3.63, 3.8) is 0 Å². The second-order valence-electron chi connectivity index (χ2n) is 9.51. The molecule has 3 atom stereocenters. The number of pyridine rings is 1. The summed E-state index contributed by atoms with van der Waals surface area (Å²) < 4.78 is 18.8. The maximum absolute atomic E-state index is 13.4. The van der Waals surface area contributed by atoms with Crippen LogP contribution in [0.25, 0.3) is 10.9 Å². The number of thioether (sulfide) groups is 1. The molecular weight excluding hydrogens is 515 g/mol. The molecule has 0 bridgehead atoms. The Labute approximate surface area is 225 Å². The fraction of sp³-hybridized carbons (Fsp3) is 0.429. The molecule has 0 aliphatic carbocycles. The number of halogens is 2. The molecule has 198 valence electrons. The van der Waals surface area contributed by atoms with E-state index < -0.39 is 12.1 Å². The SMILES string of the molecule is COc1ccc2ncc(Cl)c([C@H](O)CCC3CCN(CCSc4cccc(F)c4)CC3CC(=O)O)c2c1. The van der Waals surface area contributed by atoms with Crippen LogP contribution in [0.5, 0.6) is 5.75 Å². The van der Waals surface area contributed by atoms with Gasteiger partial charge in [0.2, 0.25) is 0 Å². The molecule has 2 heterocycles. The summed E-state index contributed by atoms with van der Waals surface area (Å²) in [6.45, 7) is 2.39. The fourth-order valence-electron chi connectivity index (χ4n) is 5.19. The van der Waals surface area contributed by atoms with Crippen molar-refractivity contribution in [3.8, 4) is 5.75 Å². The number of benzene rings is 2. The number of hydrogen-bond acceptors (Lipinski definition) is 6. The number of carbonyl (C=O) groups is 1. The summed E-state index contributed by atoms with van der Waals surface area (Å²) in [6.07, 6.45) is 2.92. The number of carboxylic acids is 1. The van der Waals surface area contributed by atoms with E-state index in [0.717, 1.165) is 41.1 Å². The second-order valence-corrected chi connectivity index (χ2v) is 11.1. The standard InChI is InChI=1S/C28H32ClFN2O4S/c1-36-21-6-7-25-23(15-21)28(24(29)16-31-25)26(33)8-5-18-9-10-32(17-19(18)13-27(34)35)11-12-37-22-4-2-3-20(30)14-22/h2-4,6-7,14-16,18-19,26,33H,5,8-13,17H2,1H3,(H,34,35)/t18?,19?,26-/m1/s1. The number of likely N-dealkylation sites (tertiary alicyclic amines) is 1. The van der Waals surface area contributed by atoms with Gasteiger partial charge in [0.1, 0.15) is 11.6 Å². The van der Waals surface area contributed by atoms with Gasteiger partial charge in [-0.2, -0.15) is 0 Å². The van der Waals surface area contributed by atoms with E-state index in [9.17, 15) is 19.4 Å². The first kappa shape index (κ1) is 27.6. The number of aliphatic carboxylic acids is 1. The summed E-state index contributed by atoms with van der Waals surface area (Å²) in [5.74, 6) is 0.622. The van der Waals surface area contributed by atoms with Crippen LogP contribution in [-0.4, -0.2) is 58.6 Å². The minimum absolute atomic E-state index is 0.00219. The number of ether oxygens (including phenoxy) is 1. The predicted octanol–water partition coefficient (Wildman–Crippen LogP) is 6.05. The molecule has 1 aliphatic rings. The molecule has 1 saturated heterocycles. The lowest BCUT2D eigenvalue weighted by atomic mass is 9.79. The van der Waals surface area contributed by atoms with Crippen molar-refractivity contribution < 1.29 is 24.1 Å². The van der Waals surface area contributed by atoms with Crippen molar-refractivity contribution in [2.75, 3.05) is 32.5 Å². The summed E-state index contributed by atoms with van der Waals surface area (Å²) in [7, 11) is 1.59. The van der Waals surface area contributed by atoms with Gasteiger partial charge in [0.15, 0.2) is 0 Å². The minimum Gasteiger partial charge on any atom is -0.497 e. The molecule has 4 rings (SSSR count). The number of fused-ring (bicyclic) bond motifs is 1. The molecule has 2 aromatic carbocycles. The molecule has 9 heteroatoms. The largest absolute Gasteiger partial charge is 0.497 e. The van der Waals surface area contributed by atoms with E-state index in [1.54, 1.807) is 31.1 Å². The zero-order valence-electron chi connectivity index (χ0n) is 20.8. The van der Waals surface area contributed by atoms with Crippen molar-refractivity contribution in [2.24, 2.45) is 11.8 Å². The first-order chi connectivity index (χ1) is 17.8. The number of piperidine rings is 1. The molecule has 37 heavy (non-hydrogen) atoms. The third-order valence-corrected chi connectivity index (χ3v) is 8.37. The van der Waals surface area contributed by atoms with Crippen molar-refractivity contribution >= 4 is 40.2 Å². The van der Waals surface area contributed by atoms with Crippen molar-refractivity contribution in [1.82, 2.24) is 9.88 Å². The Morgan fingerprint density at radius 3 is 2.89 bits per heavy atom. The van der Waals surface area contributed by atoms with Crippen LogP contribution in [0.15, 0.2) is 53.6 Å². The summed E-state index contributed by atoms with van der Waals surface area (Å²) in [4.78, 5) is 19.2. The topological polar surface area (TPSA) is 82.9 Å². The third kappa shape index (κ3) is 7.35. The Hall–Kier alpha value is -2.39. The Kier molecular flexibility index (Phi) is 9.65. The highest BCUT2D eigenvalue weighted by atomic mass is 35.5. The van der Waals surface area contributed by atoms with E-state index in [1.165, 1.54) is 12.1 Å². The average molecular weight is 547 g/mol. The monoisotopic (exact) mass is 546 g/mol. The van der Waals surface area contributed by atoms with Crippen LogP contribution in [0.4, 0.5) is 4.39 Å². The number of nitrogens with zero attached hydrogens (tertiary/aromatic N) is 2. The summed E-state index contributed by atoms with van der Waals surface area (Å²) >= 11 is 8.07. The lowest BCUT2D eigenvalue weighted by molar-refractivity contribution is -0.139. The van der Waals surface area contributed by atoms with Gasteiger partial charge in [-0.05, 0) is 74.0 Å². The van der Waals surface area contributed by atoms with Crippen LogP contribution >= 0.6 is 23.4 Å². The Balaban J connectivity index is 1.37. The first-order valence-corrected chi connectivity index (χ1v) is 13.8. The molecule has 0 amide bonds. The summed E-state index contributed by atoms with van der Waals surface area (Å²) in [5.41, 5.74) is 1.36. The van der Waals surface area contributed by atoms with Gasteiger partial charge in [-0.15, -0.1) is 11.8 Å². The fourth-order valence-corrected chi connectivity index (χ4v) is 6.43. The van der Waals surface area contributed by atoms with E-state index in [1.807, 2.05) is 24.3 Å². The van der Waals surface area contributed by atoms with Gasteiger partial charge in [-0.25, -0.2) is 4.39 Å². The minimum atomic E-state index is -0.804. The van der Waals surface area contributed by atoms with Gasteiger partial charge in [-0.1, -0.05) is 17.7 Å². The van der Waals surface area contributed by atoms with Crippen LogP contribution in [0.3, 0.4) is 0 Å². The lowest BCUT2D eigenvalue weighted by Gasteiger charge is -2.38. The molecule has 1 aliphatic heterocycles. The van der Waals surface area contributed by atoms with Gasteiger partial charge in [0.25, 0.3) is 0 Å². The predicted molar refractivity (Wildman–Crippen MR) is 145 cm³/mol. The number of methoxy groups -OCH3 is 1. The Morgan fingerprint density at radius 2 is 2.14 bits per heavy atom. The van der Waals surface area contributed by atoms with E-state index in [2.05, 4.69) is 9.88 Å². The molecule has 6 nitrogen and oxygen atoms in total. The number of carboxylic acid groups (broad SMARTS) is 1. The van der Waals surface area contributed by atoms with Crippen molar-refractivity contribution in [1.29, 1.82) is 0 Å². The van der Waals surface area contributed by atoms with E-state index in [4.69, 9.17) is 16.3 Å². The van der Waals surface area contributed by atoms with E-state index >= 15 is 0 Å². The Bertz CT molecular complexity index is 1230. The highest BCUT2D eigenvalue weighted by molar-refractivity contribution is 7.99. The lowest BCUT2D eigenvalue weighted by Crippen LogP contribution is -2.42. The molecule has 2 N–H and O–H groups in total. The molecule has 1 aromatic heterocycles.